The summed E-state index contributed by atoms with van der Waals surface area (Å²) in [6, 6.07) is 83.7. The molecule has 1 aliphatic heterocycles. The van der Waals surface area contributed by atoms with E-state index in [-0.39, 0.29) is 0 Å². The standard InChI is InChI=1S/C60H42N6/c1-5-20-41(21-6-1)51-34-13-15-36-53(51)59-64-58(65-60(66-59)54-37-16-14-35-52(54)42-22-7-2-8-23-42)50-33-19-31-48(40-50)46-29-17-28-45(38-46)47-30-18-32-49(39-47)57-62-55(43-24-9-3-10-25-43)61-56(63-57)44-26-11-4-12-27-44/h1-40,59H,(H,64,65,66). The molecule has 1 unspecified atom stereocenters. The molecule has 0 fully saturated rings. The molecule has 0 aliphatic carbocycles. The highest BCUT2D eigenvalue weighted by Crippen LogP contribution is 2.35. The zero-order chi connectivity index (χ0) is 44.1. The Labute approximate surface area is 384 Å². The molecule has 9 aromatic carbocycles. The Balaban J connectivity index is 0.969. The van der Waals surface area contributed by atoms with Crippen LogP contribution in [0.2, 0.25) is 0 Å². The van der Waals surface area contributed by atoms with Crippen LogP contribution in [-0.2, 0) is 0 Å². The zero-order valence-electron chi connectivity index (χ0n) is 35.9. The van der Waals surface area contributed by atoms with E-state index in [0.29, 0.717) is 23.3 Å². The number of aliphatic imine (C=N–C) groups is 2. The minimum absolute atomic E-state index is 0.399. The topological polar surface area (TPSA) is 75.4 Å². The van der Waals surface area contributed by atoms with Crippen LogP contribution in [0.3, 0.4) is 0 Å². The lowest BCUT2D eigenvalue weighted by Gasteiger charge is -2.26. The van der Waals surface area contributed by atoms with Gasteiger partial charge in [-0.15, -0.1) is 0 Å². The molecule has 0 radical (unpaired) electrons. The van der Waals surface area contributed by atoms with Crippen LogP contribution in [-0.4, -0.2) is 26.6 Å². The smallest absolute Gasteiger partial charge is 0.164 e. The lowest BCUT2D eigenvalue weighted by molar-refractivity contribution is 0.676. The molecule has 1 aliphatic rings. The Morgan fingerprint density at radius 1 is 0.288 bits per heavy atom. The third kappa shape index (κ3) is 8.34. The second kappa shape index (κ2) is 18.1. The Kier molecular flexibility index (Phi) is 10.9. The second-order valence-electron chi connectivity index (χ2n) is 16.1. The summed E-state index contributed by atoms with van der Waals surface area (Å²) < 4.78 is 0. The van der Waals surface area contributed by atoms with Gasteiger partial charge in [0.15, 0.2) is 23.3 Å². The number of benzene rings is 9. The van der Waals surface area contributed by atoms with Crippen molar-refractivity contribution in [1.82, 2.24) is 20.3 Å². The molecule has 2 heterocycles. The summed E-state index contributed by atoms with van der Waals surface area (Å²) in [6.45, 7) is 0. The lowest BCUT2D eigenvalue weighted by Crippen LogP contribution is -2.34. The van der Waals surface area contributed by atoms with Crippen LogP contribution in [0.1, 0.15) is 22.9 Å². The average Bonchev–Trinajstić information content (AvgIpc) is 3.41. The Morgan fingerprint density at radius 2 is 0.652 bits per heavy atom. The molecule has 10 aromatic rings. The van der Waals surface area contributed by atoms with Crippen molar-refractivity contribution in [2.45, 2.75) is 6.17 Å². The summed E-state index contributed by atoms with van der Waals surface area (Å²) in [6.07, 6.45) is -0.399. The molecule has 1 aromatic heterocycles. The highest BCUT2D eigenvalue weighted by Gasteiger charge is 2.25. The van der Waals surface area contributed by atoms with E-state index in [9.17, 15) is 0 Å². The molecule has 1 N–H and O–H groups in total. The maximum Gasteiger partial charge on any atom is 0.164 e. The number of aromatic nitrogens is 3. The number of hydrogen-bond donors (Lipinski definition) is 1. The number of hydrogen-bond acceptors (Lipinski definition) is 6. The second-order valence-corrected chi connectivity index (χ2v) is 16.1. The predicted octanol–water partition coefficient (Wildman–Crippen LogP) is 14.0. The van der Waals surface area contributed by atoms with Gasteiger partial charge in [-0.05, 0) is 62.7 Å². The molecule has 1 atom stereocenters. The first-order valence-electron chi connectivity index (χ1n) is 22.1. The number of rotatable bonds is 10. The van der Waals surface area contributed by atoms with Crippen molar-refractivity contribution in [2.75, 3.05) is 0 Å². The van der Waals surface area contributed by atoms with Crippen molar-refractivity contribution in [2.24, 2.45) is 9.98 Å². The molecule has 0 saturated heterocycles. The molecule has 0 amide bonds. The SMILES string of the molecule is c1ccc(-c2nc(-c3ccccc3)nc(-c3cccc(-c4cccc(-c5cccc(C6=NC(c7ccccc7-c7ccccc7)NC(c7ccccc7-c7ccccc7)=N6)c5)c4)c3)n2)cc1. The van der Waals surface area contributed by atoms with E-state index >= 15 is 0 Å². The van der Waals surface area contributed by atoms with E-state index in [1.807, 2.05) is 72.8 Å². The highest BCUT2D eigenvalue weighted by atomic mass is 15.2. The van der Waals surface area contributed by atoms with E-state index in [2.05, 4.69) is 175 Å². The van der Waals surface area contributed by atoms with Gasteiger partial charge in [-0.25, -0.2) is 24.9 Å². The maximum absolute atomic E-state index is 5.38. The molecular weight excluding hydrogens is 805 g/mol. The van der Waals surface area contributed by atoms with Crippen LogP contribution < -0.4 is 5.32 Å². The molecule has 0 spiro atoms. The van der Waals surface area contributed by atoms with Gasteiger partial charge in [-0.1, -0.05) is 224 Å². The van der Waals surface area contributed by atoms with Crippen LogP contribution in [0, 0.1) is 0 Å². The van der Waals surface area contributed by atoms with Crippen molar-refractivity contribution in [3.8, 4) is 78.7 Å². The summed E-state index contributed by atoms with van der Waals surface area (Å²) >= 11 is 0. The highest BCUT2D eigenvalue weighted by molar-refractivity contribution is 6.15. The molecule has 0 saturated carbocycles. The van der Waals surface area contributed by atoms with Gasteiger partial charge in [0.1, 0.15) is 12.0 Å². The van der Waals surface area contributed by atoms with Crippen molar-refractivity contribution < 1.29 is 0 Å². The van der Waals surface area contributed by atoms with Crippen LogP contribution in [0.15, 0.2) is 253 Å². The molecule has 66 heavy (non-hydrogen) atoms. The fourth-order valence-corrected chi connectivity index (χ4v) is 8.54. The van der Waals surface area contributed by atoms with Crippen LogP contribution in [0.25, 0.3) is 78.7 Å². The van der Waals surface area contributed by atoms with Crippen LogP contribution in [0.5, 0.6) is 0 Å². The van der Waals surface area contributed by atoms with Gasteiger partial charge in [0.2, 0.25) is 0 Å². The number of nitrogens with zero attached hydrogens (tertiary/aromatic N) is 5. The first-order valence-corrected chi connectivity index (χ1v) is 22.1. The Morgan fingerprint density at radius 3 is 1.20 bits per heavy atom. The fourth-order valence-electron chi connectivity index (χ4n) is 8.54. The summed E-state index contributed by atoms with van der Waals surface area (Å²) in [5.41, 5.74) is 14.5. The van der Waals surface area contributed by atoms with Crippen molar-refractivity contribution in [3.05, 3.63) is 259 Å². The van der Waals surface area contributed by atoms with Gasteiger partial charge in [0.05, 0.1) is 0 Å². The largest absolute Gasteiger partial charge is 0.344 e. The minimum Gasteiger partial charge on any atom is -0.344 e. The molecule has 312 valence electrons. The minimum atomic E-state index is -0.399. The summed E-state index contributed by atoms with van der Waals surface area (Å²) in [5.74, 6) is 3.31. The fraction of sp³-hybridized carbons (Fsp3) is 0.0167. The van der Waals surface area contributed by atoms with E-state index in [1.165, 1.54) is 0 Å². The average molecular weight is 847 g/mol. The van der Waals surface area contributed by atoms with E-state index in [4.69, 9.17) is 24.9 Å². The number of amidine groups is 2. The summed E-state index contributed by atoms with van der Waals surface area (Å²) in [7, 11) is 0. The van der Waals surface area contributed by atoms with Gasteiger partial charge in [0, 0.05) is 33.4 Å². The van der Waals surface area contributed by atoms with Crippen molar-refractivity contribution in [3.63, 3.8) is 0 Å². The van der Waals surface area contributed by atoms with Crippen LogP contribution >= 0.6 is 0 Å². The first kappa shape index (κ1) is 39.9. The molecule has 6 nitrogen and oxygen atoms in total. The number of nitrogens with one attached hydrogen (secondary N) is 1. The van der Waals surface area contributed by atoms with Crippen molar-refractivity contribution >= 4 is 11.7 Å². The van der Waals surface area contributed by atoms with Crippen molar-refractivity contribution in [1.29, 1.82) is 0 Å². The van der Waals surface area contributed by atoms with Gasteiger partial charge >= 0.3 is 0 Å². The maximum atomic E-state index is 5.38. The van der Waals surface area contributed by atoms with E-state index < -0.39 is 6.17 Å². The Hall–Kier alpha value is -8.87. The van der Waals surface area contributed by atoms with Gasteiger partial charge in [0.25, 0.3) is 0 Å². The van der Waals surface area contributed by atoms with Gasteiger partial charge in [-0.2, -0.15) is 0 Å². The summed E-state index contributed by atoms with van der Waals surface area (Å²) in [4.78, 5) is 25.6. The molecule has 11 rings (SSSR count). The summed E-state index contributed by atoms with van der Waals surface area (Å²) in [5, 5.41) is 3.77. The molecule has 6 heteroatoms. The third-order valence-corrected chi connectivity index (χ3v) is 11.8. The quantitative estimate of drug-likeness (QED) is 0.149. The molecular formula is C60H42N6. The Bertz CT molecular complexity index is 3330. The third-order valence-electron chi connectivity index (χ3n) is 11.8. The lowest BCUT2D eigenvalue weighted by atomic mass is 9.95. The van der Waals surface area contributed by atoms with Gasteiger partial charge < -0.3 is 5.32 Å². The first-order chi connectivity index (χ1) is 32.7. The van der Waals surface area contributed by atoms with Gasteiger partial charge in [-0.3, -0.25) is 0 Å². The predicted molar refractivity (Wildman–Crippen MR) is 270 cm³/mol. The zero-order valence-corrected chi connectivity index (χ0v) is 35.9. The normalized spacial score (nSPS) is 13.3. The van der Waals surface area contributed by atoms with Crippen LogP contribution in [0.4, 0.5) is 0 Å². The van der Waals surface area contributed by atoms with E-state index in [1.54, 1.807) is 0 Å². The molecule has 0 bridgehead atoms. The monoisotopic (exact) mass is 846 g/mol. The van der Waals surface area contributed by atoms with E-state index in [0.717, 1.165) is 83.7 Å².